The van der Waals surface area contributed by atoms with Gasteiger partial charge in [0.15, 0.2) is 5.60 Å². The van der Waals surface area contributed by atoms with Gasteiger partial charge < -0.3 is 20.1 Å². The van der Waals surface area contributed by atoms with Crippen LogP contribution in [0.5, 0.6) is 5.75 Å². The fourth-order valence-electron chi connectivity index (χ4n) is 4.37. The van der Waals surface area contributed by atoms with Crippen LogP contribution in [0.25, 0.3) is 10.9 Å². The minimum atomic E-state index is -4.92. The van der Waals surface area contributed by atoms with Crippen molar-refractivity contribution in [1.82, 2.24) is 4.98 Å². The van der Waals surface area contributed by atoms with Gasteiger partial charge in [0.1, 0.15) is 17.7 Å². The van der Waals surface area contributed by atoms with Crippen molar-refractivity contribution < 1.29 is 27.4 Å². The molecule has 9 heteroatoms. The number of alkyl halides is 3. The molecule has 2 aromatic carbocycles. The van der Waals surface area contributed by atoms with Crippen molar-refractivity contribution in [1.29, 1.82) is 0 Å². The van der Waals surface area contributed by atoms with Gasteiger partial charge in [0.05, 0.1) is 12.1 Å². The fraction of sp³-hybridized carbons (Fsp3) is 0.375. The van der Waals surface area contributed by atoms with Gasteiger partial charge in [-0.1, -0.05) is 19.9 Å². The second-order valence-corrected chi connectivity index (χ2v) is 9.20. The Balaban J connectivity index is 1.56. The van der Waals surface area contributed by atoms with Gasteiger partial charge in [0.2, 0.25) is 5.56 Å². The number of nitrogens with one attached hydrogen (secondary N) is 2. The van der Waals surface area contributed by atoms with E-state index in [2.05, 4.69) is 10.3 Å². The summed E-state index contributed by atoms with van der Waals surface area (Å²) < 4.78 is 61.6. The molecule has 3 N–H and O–H groups in total. The third-order valence-corrected chi connectivity index (χ3v) is 6.18. The highest BCUT2D eigenvalue weighted by Gasteiger charge is 2.57. The summed E-state index contributed by atoms with van der Waals surface area (Å²) >= 11 is 0. The van der Waals surface area contributed by atoms with Crippen molar-refractivity contribution >= 4 is 16.6 Å². The highest BCUT2D eigenvalue weighted by atomic mass is 19.4. The fourth-order valence-corrected chi connectivity index (χ4v) is 4.37. The van der Waals surface area contributed by atoms with Crippen LogP contribution < -0.4 is 15.6 Å². The van der Waals surface area contributed by atoms with Gasteiger partial charge in [-0.15, -0.1) is 0 Å². The molecule has 176 valence electrons. The Kier molecular flexibility index (Phi) is 5.64. The summed E-state index contributed by atoms with van der Waals surface area (Å²) in [6.07, 6.45) is -5.98. The van der Waals surface area contributed by atoms with Crippen LogP contribution in [0.4, 0.5) is 23.2 Å². The van der Waals surface area contributed by atoms with Gasteiger partial charge in [-0.25, -0.2) is 4.39 Å². The molecule has 1 aliphatic rings. The maximum Gasteiger partial charge on any atom is 0.418 e. The summed E-state index contributed by atoms with van der Waals surface area (Å²) in [5, 5.41) is 14.1. The lowest BCUT2D eigenvalue weighted by Crippen LogP contribution is -2.55. The minimum Gasteiger partial charge on any atom is -0.489 e. The minimum absolute atomic E-state index is 0.248. The first-order chi connectivity index (χ1) is 15.4. The third kappa shape index (κ3) is 4.55. The molecule has 0 aliphatic carbocycles. The lowest BCUT2D eigenvalue weighted by molar-refractivity contribution is -0.266. The molecule has 1 aliphatic heterocycles. The molecule has 0 fully saturated rings. The Morgan fingerprint density at radius 1 is 1.15 bits per heavy atom. The SMILES string of the molecule is CC(C)(C[C@](O)(CNc1cccc2[nH]c(=O)ccc12)C(F)(F)F)C1Cc2cc(F)ccc2O1. The van der Waals surface area contributed by atoms with Crippen LogP contribution in [0.3, 0.4) is 0 Å². The molecule has 0 radical (unpaired) electrons. The van der Waals surface area contributed by atoms with Crippen molar-refractivity contribution in [2.24, 2.45) is 5.41 Å². The molecule has 4 rings (SSSR count). The highest BCUT2D eigenvalue weighted by molar-refractivity contribution is 5.91. The van der Waals surface area contributed by atoms with Crippen LogP contribution in [0.1, 0.15) is 25.8 Å². The van der Waals surface area contributed by atoms with E-state index in [0.717, 1.165) is 0 Å². The van der Waals surface area contributed by atoms with Crippen LogP contribution in [0.2, 0.25) is 0 Å². The largest absolute Gasteiger partial charge is 0.489 e. The van der Waals surface area contributed by atoms with E-state index in [1.807, 2.05) is 0 Å². The first-order valence-corrected chi connectivity index (χ1v) is 10.5. The van der Waals surface area contributed by atoms with Gasteiger partial charge in [-0.3, -0.25) is 4.79 Å². The smallest absolute Gasteiger partial charge is 0.418 e. The summed E-state index contributed by atoms with van der Waals surface area (Å²) in [6, 6.07) is 11.6. The van der Waals surface area contributed by atoms with Gasteiger partial charge in [-0.2, -0.15) is 13.2 Å². The van der Waals surface area contributed by atoms with E-state index in [9.17, 15) is 27.5 Å². The summed E-state index contributed by atoms with van der Waals surface area (Å²) in [5.41, 5.74) is -3.08. The number of ether oxygens (including phenoxy) is 1. The van der Waals surface area contributed by atoms with E-state index in [4.69, 9.17) is 4.74 Å². The first-order valence-electron chi connectivity index (χ1n) is 10.5. The normalized spacial score (nSPS) is 18.0. The number of aromatic amines is 1. The van der Waals surface area contributed by atoms with Crippen LogP contribution in [0.15, 0.2) is 53.3 Å². The molecule has 0 spiro atoms. The van der Waals surface area contributed by atoms with Gasteiger partial charge in [0.25, 0.3) is 0 Å². The van der Waals surface area contributed by atoms with E-state index < -0.39 is 42.1 Å². The zero-order chi connectivity index (χ0) is 24.0. The van der Waals surface area contributed by atoms with Gasteiger partial charge >= 0.3 is 6.18 Å². The maximum atomic E-state index is 14.1. The zero-order valence-corrected chi connectivity index (χ0v) is 18.1. The van der Waals surface area contributed by atoms with E-state index in [1.165, 1.54) is 30.3 Å². The second-order valence-electron chi connectivity index (χ2n) is 9.20. The molecule has 1 aromatic heterocycles. The Labute approximate surface area is 187 Å². The number of pyridine rings is 1. The third-order valence-electron chi connectivity index (χ3n) is 6.18. The summed E-state index contributed by atoms with van der Waals surface area (Å²) in [6.45, 7) is 2.39. The van der Waals surface area contributed by atoms with E-state index >= 15 is 0 Å². The number of hydrogen-bond acceptors (Lipinski definition) is 4. The van der Waals surface area contributed by atoms with E-state index in [1.54, 1.807) is 32.0 Å². The van der Waals surface area contributed by atoms with Crippen LogP contribution in [-0.4, -0.2) is 34.5 Å². The van der Waals surface area contributed by atoms with E-state index in [-0.39, 0.29) is 12.0 Å². The number of aliphatic hydroxyl groups is 1. The van der Waals surface area contributed by atoms with Crippen LogP contribution in [-0.2, 0) is 6.42 Å². The lowest BCUT2D eigenvalue weighted by Gasteiger charge is -2.40. The van der Waals surface area contributed by atoms with Crippen molar-refractivity contribution in [3.05, 3.63) is 70.3 Å². The Morgan fingerprint density at radius 3 is 2.64 bits per heavy atom. The number of anilines is 1. The topological polar surface area (TPSA) is 74.4 Å². The van der Waals surface area contributed by atoms with Crippen LogP contribution in [0, 0.1) is 11.2 Å². The van der Waals surface area contributed by atoms with Gasteiger partial charge in [-0.05, 0) is 42.8 Å². The standard InChI is InChI=1S/C24H24F4N2O3/c1-22(2,20-11-14-10-15(25)6-8-19(14)33-20)12-23(32,24(26,27)28)13-29-17-4-3-5-18-16(17)7-9-21(31)30-18/h3-10,20,29,32H,11-13H2,1-2H3,(H,30,31)/t20?,23-/m0/s1. The number of H-pyrrole nitrogens is 1. The molecule has 1 unspecified atom stereocenters. The zero-order valence-electron chi connectivity index (χ0n) is 18.1. The van der Waals surface area contributed by atoms with Crippen LogP contribution >= 0.6 is 0 Å². The number of halogens is 4. The Morgan fingerprint density at radius 2 is 1.91 bits per heavy atom. The number of hydrogen-bond donors (Lipinski definition) is 3. The quantitative estimate of drug-likeness (QED) is 0.459. The van der Waals surface area contributed by atoms with Crippen molar-refractivity contribution in [3.63, 3.8) is 0 Å². The molecule has 5 nitrogen and oxygen atoms in total. The van der Waals surface area contributed by atoms with Crippen molar-refractivity contribution in [2.75, 3.05) is 11.9 Å². The van der Waals surface area contributed by atoms with E-state index in [0.29, 0.717) is 27.9 Å². The second kappa shape index (κ2) is 8.06. The average Bonchev–Trinajstić information content (AvgIpc) is 3.15. The molecule has 2 heterocycles. The molecule has 2 atom stereocenters. The molecular formula is C24H24F4N2O3. The molecule has 0 saturated heterocycles. The number of fused-ring (bicyclic) bond motifs is 2. The van der Waals surface area contributed by atoms with Gasteiger partial charge in [0, 0.05) is 34.5 Å². The maximum absolute atomic E-state index is 14.1. The Bertz CT molecular complexity index is 1240. The summed E-state index contributed by atoms with van der Waals surface area (Å²) in [7, 11) is 0. The molecule has 0 bridgehead atoms. The number of benzene rings is 2. The number of aromatic nitrogens is 1. The number of rotatable bonds is 6. The monoisotopic (exact) mass is 464 g/mol. The molecule has 33 heavy (non-hydrogen) atoms. The average molecular weight is 464 g/mol. The van der Waals surface area contributed by atoms with Crippen molar-refractivity contribution in [3.8, 4) is 5.75 Å². The highest BCUT2D eigenvalue weighted by Crippen LogP contribution is 2.45. The van der Waals surface area contributed by atoms with Crippen molar-refractivity contribution in [2.45, 2.75) is 44.6 Å². The molecule has 3 aromatic rings. The molecular weight excluding hydrogens is 440 g/mol. The predicted molar refractivity (Wildman–Crippen MR) is 117 cm³/mol. The molecule has 0 saturated carbocycles. The lowest BCUT2D eigenvalue weighted by atomic mass is 9.74. The predicted octanol–water partition coefficient (Wildman–Crippen LogP) is 4.79. The summed E-state index contributed by atoms with van der Waals surface area (Å²) in [5.74, 6) is -0.00358. The first kappa shape index (κ1) is 23.1. The Hall–Kier alpha value is -3.07. The summed E-state index contributed by atoms with van der Waals surface area (Å²) in [4.78, 5) is 14.2. The molecule has 0 amide bonds.